The molecule has 1 aromatic carbocycles. The zero-order chi connectivity index (χ0) is 13.8. The van der Waals surface area contributed by atoms with E-state index in [1.165, 1.54) is 0 Å². The first-order valence-electron chi connectivity index (χ1n) is 6.49. The number of amides is 2. The van der Waals surface area contributed by atoms with Gasteiger partial charge in [0.2, 0.25) is 5.91 Å². The Morgan fingerprint density at radius 2 is 1.95 bits per heavy atom. The van der Waals surface area contributed by atoms with Crippen LogP contribution in [0.3, 0.4) is 0 Å². The summed E-state index contributed by atoms with van der Waals surface area (Å²) >= 11 is 0. The molecule has 1 unspecified atom stereocenters. The maximum absolute atomic E-state index is 12.2. The van der Waals surface area contributed by atoms with Gasteiger partial charge in [0.25, 0.3) is 5.91 Å². The molecule has 19 heavy (non-hydrogen) atoms. The SMILES string of the molecule is NCCc1ccc(C(=O)N2CCC(C(N)=O)C2)cc1. The second-order valence-corrected chi connectivity index (χ2v) is 4.87. The molecule has 1 aromatic rings. The van der Waals surface area contributed by atoms with E-state index in [1.54, 1.807) is 4.90 Å². The van der Waals surface area contributed by atoms with Gasteiger partial charge in [-0.05, 0) is 37.1 Å². The second-order valence-electron chi connectivity index (χ2n) is 4.87. The molecule has 0 saturated carbocycles. The second kappa shape index (κ2) is 5.84. The van der Waals surface area contributed by atoms with Crippen LogP contribution in [0.25, 0.3) is 0 Å². The van der Waals surface area contributed by atoms with E-state index in [2.05, 4.69) is 0 Å². The van der Waals surface area contributed by atoms with Crippen LogP contribution in [0.15, 0.2) is 24.3 Å². The van der Waals surface area contributed by atoms with Crippen LogP contribution in [-0.2, 0) is 11.2 Å². The van der Waals surface area contributed by atoms with Gasteiger partial charge in [-0.2, -0.15) is 0 Å². The zero-order valence-electron chi connectivity index (χ0n) is 10.8. The third kappa shape index (κ3) is 3.12. The molecule has 102 valence electrons. The summed E-state index contributed by atoms with van der Waals surface area (Å²) in [5.41, 5.74) is 12.5. The first kappa shape index (κ1) is 13.5. The number of carbonyl (C=O) groups is 2. The van der Waals surface area contributed by atoms with Crippen molar-refractivity contribution in [1.82, 2.24) is 4.90 Å². The maximum Gasteiger partial charge on any atom is 0.253 e. The summed E-state index contributed by atoms with van der Waals surface area (Å²) in [4.78, 5) is 25.0. The lowest BCUT2D eigenvalue weighted by Crippen LogP contribution is -2.31. The van der Waals surface area contributed by atoms with Crippen LogP contribution in [0.5, 0.6) is 0 Å². The van der Waals surface area contributed by atoms with Crippen LogP contribution < -0.4 is 11.5 Å². The van der Waals surface area contributed by atoms with Crippen molar-refractivity contribution in [2.45, 2.75) is 12.8 Å². The van der Waals surface area contributed by atoms with Crippen LogP contribution in [0.1, 0.15) is 22.3 Å². The van der Waals surface area contributed by atoms with Crippen molar-refractivity contribution in [3.05, 3.63) is 35.4 Å². The first-order valence-corrected chi connectivity index (χ1v) is 6.49. The molecule has 1 aliphatic rings. The third-order valence-electron chi connectivity index (χ3n) is 3.51. The standard InChI is InChI=1S/C14H19N3O2/c15-7-5-10-1-3-11(4-2-10)14(19)17-8-6-12(9-17)13(16)18/h1-4,12H,5-9,15H2,(H2,16,18). The Labute approximate surface area is 112 Å². The smallest absolute Gasteiger partial charge is 0.253 e. The fourth-order valence-electron chi connectivity index (χ4n) is 2.34. The third-order valence-corrected chi connectivity index (χ3v) is 3.51. The molecule has 5 heteroatoms. The highest BCUT2D eigenvalue weighted by Crippen LogP contribution is 2.18. The molecule has 1 atom stereocenters. The molecule has 0 spiro atoms. The van der Waals surface area contributed by atoms with E-state index in [1.807, 2.05) is 24.3 Å². The molecule has 5 nitrogen and oxygen atoms in total. The lowest BCUT2D eigenvalue weighted by atomic mass is 10.1. The molecule has 2 rings (SSSR count). The van der Waals surface area contributed by atoms with Crippen LogP contribution >= 0.6 is 0 Å². The summed E-state index contributed by atoms with van der Waals surface area (Å²) in [5.74, 6) is -0.572. The highest BCUT2D eigenvalue weighted by Gasteiger charge is 2.29. The van der Waals surface area contributed by atoms with Gasteiger partial charge in [0.1, 0.15) is 0 Å². The van der Waals surface area contributed by atoms with Gasteiger partial charge in [-0.15, -0.1) is 0 Å². The van der Waals surface area contributed by atoms with Gasteiger partial charge >= 0.3 is 0 Å². The van der Waals surface area contributed by atoms with E-state index in [9.17, 15) is 9.59 Å². The Morgan fingerprint density at radius 1 is 1.26 bits per heavy atom. The minimum atomic E-state index is -0.325. The molecule has 1 fully saturated rings. The minimum absolute atomic E-state index is 0.0388. The summed E-state index contributed by atoms with van der Waals surface area (Å²) in [6.07, 6.45) is 1.47. The number of rotatable bonds is 4. The average molecular weight is 261 g/mol. The van der Waals surface area contributed by atoms with Gasteiger partial charge in [0.15, 0.2) is 0 Å². The molecule has 0 bridgehead atoms. The summed E-state index contributed by atoms with van der Waals surface area (Å²) in [6.45, 7) is 1.62. The quantitative estimate of drug-likeness (QED) is 0.807. The van der Waals surface area contributed by atoms with Gasteiger partial charge in [-0.25, -0.2) is 0 Å². The monoisotopic (exact) mass is 261 g/mol. The number of likely N-dealkylation sites (tertiary alicyclic amines) is 1. The Kier molecular flexibility index (Phi) is 4.16. The van der Waals surface area contributed by atoms with Crippen molar-refractivity contribution in [1.29, 1.82) is 0 Å². The molecule has 2 amide bonds. The van der Waals surface area contributed by atoms with Gasteiger partial charge in [-0.1, -0.05) is 12.1 Å². The lowest BCUT2D eigenvalue weighted by Gasteiger charge is -2.16. The van der Waals surface area contributed by atoms with Crippen molar-refractivity contribution in [2.75, 3.05) is 19.6 Å². The molecule has 1 heterocycles. The van der Waals surface area contributed by atoms with Crippen LogP contribution in [0.2, 0.25) is 0 Å². The fourth-order valence-corrected chi connectivity index (χ4v) is 2.34. The van der Waals surface area contributed by atoms with Gasteiger partial charge in [0, 0.05) is 18.7 Å². The Morgan fingerprint density at radius 3 is 2.47 bits per heavy atom. The van der Waals surface area contributed by atoms with Crippen molar-refractivity contribution in [3.63, 3.8) is 0 Å². The first-order chi connectivity index (χ1) is 9.11. The number of primary amides is 1. The van der Waals surface area contributed by atoms with E-state index in [0.29, 0.717) is 31.6 Å². The highest BCUT2D eigenvalue weighted by atomic mass is 16.2. The average Bonchev–Trinajstić information content (AvgIpc) is 2.89. The molecule has 0 radical (unpaired) electrons. The molecule has 1 aliphatic heterocycles. The van der Waals surface area contributed by atoms with E-state index in [4.69, 9.17) is 11.5 Å². The molecular weight excluding hydrogens is 242 g/mol. The Bertz CT molecular complexity index is 470. The normalized spacial score (nSPS) is 18.6. The van der Waals surface area contributed by atoms with Crippen LogP contribution in [-0.4, -0.2) is 36.3 Å². The van der Waals surface area contributed by atoms with Crippen molar-refractivity contribution >= 4 is 11.8 Å². The largest absolute Gasteiger partial charge is 0.369 e. The van der Waals surface area contributed by atoms with Gasteiger partial charge in [-0.3, -0.25) is 9.59 Å². The Balaban J connectivity index is 2.02. The molecule has 4 N–H and O–H groups in total. The number of nitrogens with zero attached hydrogens (tertiary/aromatic N) is 1. The topological polar surface area (TPSA) is 89.4 Å². The zero-order valence-corrected chi connectivity index (χ0v) is 10.8. The van der Waals surface area contributed by atoms with Gasteiger partial charge < -0.3 is 16.4 Å². The molecule has 0 aromatic heterocycles. The fraction of sp³-hybridized carbons (Fsp3) is 0.429. The summed E-state index contributed by atoms with van der Waals surface area (Å²) < 4.78 is 0. The summed E-state index contributed by atoms with van der Waals surface area (Å²) in [5, 5.41) is 0. The predicted octanol–water partition coefficient (Wildman–Crippen LogP) is 0.135. The Hall–Kier alpha value is -1.88. The highest BCUT2D eigenvalue weighted by molar-refractivity contribution is 5.95. The van der Waals surface area contributed by atoms with Gasteiger partial charge in [0.05, 0.1) is 5.92 Å². The maximum atomic E-state index is 12.2. The summed E-state index contributed by atoms with van der Waals surface area (Å²) in [6, 6.07) is 7.46. The van der Waals surface area contributed by atoms with Crippen LogP contribution in [0.4, 0.5) is 0 Å². The van der Waals surface area contributed by atoms with E-state index >= 15 is 0 Å². The lowest BCUT2D eigenvalue weighted by molar-refractivity contribution is -0.121. The number of carbonyl (C=O) groups excluding carboxylic acids is 2. The van der Waals surface area contributed by atoms with Crippen molar-refractivity contribution in [3.8, 4) is 0 Å². The number of nitrogens with two attached hydrogens (primary N) is 2. The number of hydrogen-bond acceptors (Lipinski definition) is 3. The number of benzene rings is 1. The van der Waals surface area contributed by atoms with Crippen LogP contribution in [0, 0.1) is 5.92 Å². The molecule has 0 aliphatic carbocycles. The predicted molar refractivity (Wildman–Crippen MR) is 72.4 cm³/mol. The summed E-state index contributed by atoms with van der Waals surface area (Å²) in [7, 11) is 0. The molecule has 1 saturated heterocycles. The molecular formula is C14H19N3O2. The minimum Gasteiger partial charge on any atom is -0.369 e. The number of hydrogen-bond donors (Lipinski definition) is 2. The van der Waals surface area contributed by atoms with Crippen molar-refractivity contribution < 1.29 is 9.59 Å². The van der Waals surface area contributed by atoms with E-state index < -0.39 is 0 Å². The van der Waals surface area contributed by atoms with Crippen molar-refractivity contribution in [2.24, 2.45) is 17.4 Å². The van der Waals surface area contributed by atoms with E-state index in [-0.39, 0.29) is 17.7 Å². The van der Waals surface area contributed by atoms with E-state index in [0.717, 1.165) is 12.0 Å².